The monoisotopic (exact) mass is 223 g/mol. The van der Waals surface area contributed by atoms with Gasteiger partial charge in [-0.1, -0.05) is 22.9 Å². The molecule has 1 atom stereocenters. The molecule has 4 heteroatoms. The van der Waals surface area contributed by atoms with E-state index in [1.165, 1.54) is 0 Å². The molecule has 0 saturated carbocycles. The highest BCUT2D eigenvalue weighted by molar-refractivity contribution is 9.09. The standard InChI is InChI=1S/C7H14BrNO2/c1-2-6(10)5-9-7(11)3-4-8/h6,10H,2-5H2,1H3,(H,9,11). The minimum atomic E-state index is -0.408. The number of amides is 1. The van der Waals surface area contributed by atoms with E-state index in [1.807, 2.05) is 6.92 Å². The highest BCUT2D eigenvalue weighted by atomic mass is 79.9. The number of aliphatic hydroxyl groups excluding tert-OH is 1. The van der Waals surface area contributed by atoms with Crippen molar-refractivity contribution in [3.63, 3.8) is 0 Å². The van der Waals surface area contributed by atoms with Crippen molar-refractivity contribution >= 4 is 21.8 Å². The quantitative estimate of drug-likeness (QED) is 0.674. The molecule has 2 N–H and O–H groups in total. The van der Waals surface area contributed by atoms with Crippen LogP contribution in [0, 0.1) is 0 Å². The van der Waals surface area contributed by atoms with Crippen molar-refractivity contribution in [2.45, 2.75) is 25.9 Å². The minimum absolute atomic E-state index is 0.0191. The molecule has 1 amide bonds. The highest BCUT2D eigenvalue weighted by Crippen LogP contribution is 1.89. The van der Waals surface area contributed by atoms with Gasteiger partial charge in [0.05, 0.1) is 6.10 Å². The zero-order valence-electron chi connectivity index (χ0n) is 6.64. The first-order chi connectivity index (χ1) is 5.20. The van der Waals surface area contributed by atoms with Gasteiger partial charge in [-0.3, -0.25) is 4.79 Å². The van der Waals surface area contributed by atoms with E-state index in [2.05, 4.69) is 21.2 Å². The van der Waals surface area contributed by atoms with E-state index in [0.29, 0.717) is 24.7 Å². The molecular formula is C7H14BrNO2. The predicted octanol–water partition coefficient (Wildman–Crippen LogP) is 0.659. The summed E-state index contributed by atoms with van der Waals surface area (Å²) in [6.07, 6.45) is 0.736. The fraction of sp³-hybridized carbons (Fsp3) is 0.857. The maximum atomic E-state index is 10.8. The number of carbonyl (C=O) groups excluding carboxylic acids is 1. The van der Waals surface area contributed by atoms with Crippen LogP contribution in [-0.4, -0.2) is 29.0 Å². The Labute approximate surface area is 75.3 Å². The first-order valence-corrected chi connectivity index (χ1v) is 4.83. The third-order valence-corrected chi connectivity index (χ3v) is 1.72. The Balaban J connectivity index is 3.30. The molecule has 1 unspecified atom stereocenters. The average molecular weight is 224 g/mol. The summed E-state index contributed by atoms with van der Waals surface area (Å²) in [5.41, 5.74) is 0. The van der Waals surface area contributed by atoms with Crippen LogP contribution in [0.2, 0.25) is 0 Å². The number of hydrogen-bond donors (Lipinski definition) is 2. The van der Waals surface area contributed by atoms with Gasteiger partial charge in [-0.05, 0) is 6.42 Å². The molecule has 3 nitrogen and oxygen atoms in total. The zero-order chi connectivity index (χ0) is 8.69. The summed E-state index contributed by atoms with van der Waals surface area (Å²) in [6, 6.07) is 0. The molecule has 0 aliphatic heterocycles. The Morgan fingerprint density at radius 1 is 1.73 bits per heavy atom. The van der Waals surface area contributed by atoms with Gasteiger partial charge in [0.2, 0.25) is 5.91 Å². The third-order valence-electron chi connectivity index (χ3n) is 1.33. The van der Waals surface area contributed by atoms with Gasteiger partial charge in [-0.25, -0.2) is 0 Å². The molecule has 0 bridgehead atoms. The second kappa shape index (κ2) is 6.61. The van der Waals surface area contributed by atoms with Gasteiger partial charge in [-0.15, -0.1) is 0 Å². The van der Waals surface area contributed by atoms with Crippen molar-refractivity contribution < 1.29 is 9.90 Å². The van der Waals surface area contributed by atoms with Crippen LogP contribution in [0.3, 0.4) is 0 Å². The van der Waals surface area contributed by atoms with Crippen LogP contribution in [0.1, 0.15) is 19.8 Å². The predicted molar refractivity (Wildman–Crippen MR) is 47.7 cm³/mol. The van der Waals surface area contributed by atoms with Gasteiger partial charge >= 0.3 is 0 Å². The van der Waals surface area contributed by atoms with Gasteiger partial charge in [0.1, 0.15) is 0 Å². The SMILES string of the molecule is CCC(O)CNC(=O)CCBr. The Kier molecular flexibility index (Phi) is 6.56. The maximum absolute atomic E-state index is 10.8. The Morgan fingerprint density at radius 3 is 2.82 bits per heavy atom. The molecule has 0 aromatic heterocycles. The second-order valence-corrected chi connectivity index (χ2v) is 3.10. The lowest BCUT2D eigenvalue weighted by molar-refractivity contribution is -0.121. The molecule has 0 saturated heterocycles. The molecule has 0 aliphatic rings. The van der Waals surface area contributed by atoms with E-state index in [0.717, 1.165) is 0 Å². The van der Waals surface area contributed by atoms with Crippen LogP contribution in [0.5, 0.6) is 0 Å². The lowest BCUT2D eigenvalue weighted by atomic mass is 10.3. The van der Waals surface area contributed by atoms with E-state index in [9.17, 15) is 4.79 Å². The average Bonchev–Trinajstić information content (AvgIpc) is 2.01. The summed E-state index contributed by atoms with van der Waals surface area (Å²) >= 11 is 3.15. The number of aliphatic hydroxyl groups is 1. The molecule has 0 radical (unpaired) electrons. The summed E-state index contributed by atoms with van der Waals surface area (Å²) in [7, 11) is 0. The van der Waals surface area contributed by atoms with E-state index < -0.39 is 6.10 Å². The minimum Gasteiger partial charge on any atom is -0.391 e. The smallest absolute Gasteiger partial charge is 0.220 e. The van der Waals surface area contributed by atoms with Crippen LogP contribution in [0.15, 0.2) is 0 Å². The highest BCUT2D eigenvalue weighted by Gasteiger charge is 2.03. The van der Waals surface area contributed by atoms with Crippen molar-refractivity contribution in [1.82, 2.24) is 5.32 Å². The lowest BCUT2D eigenvalue weighted by Crippen LogP contribution is -2.31. The van der Waals surface area contributed by atoms with E-state index in [4.69, 9.17) is 5.11 Å². The Morgan fingerprint density at radius 2 is 2.36 bits per heavy atom. The molecule has 0 aliphatic carbocycles. The van der Waals surface area contributed by atoms with Gasteiger partial charge < -0.3 is 10.4 Å². The van der Waals surface area contributed by atoms with Gasteiger partial charge in [0.25, 0.3) is 0 Å². The summed E-state index contributed by atoms with van der Waals surface area (Å²) in [5, 5.41) is 12.3. The van der Waals surface area contributed by atoms with Gasteiger partial charge in [-0.2, -0.15) is 0 Å². The second-order valence-electron chi connectivity index (χ2n) is 2.31. The van der Waals surface area contributed by atoms with Crippen LogP contribution in [-0.2, 0) is 4.79 Å². The molecule has 0 fully saturated rings. The summed E-state index contributed by atoms with van der Waals surface area (Å²) in [6.45, 7) is 2.24. The topological polar surface area (TPSA) is 49.3 Å². The number of carbonyl (C=O) groups is 1. The van der Waals surface area contributed by atoms with E-state index in [1.54, 1.807) is 0 Å². The first-order valence-electron chi connectivity index (χ1n) is 3.71. The number of alkyl halides is 1. The lowest BCUT2D eigenvalue weighted by Gasteiger charge is -2.08. The third kappa shape index (κ3) is 6.31. The normalized spacial score (nSPS) is 12.6. The van der Waals surface area contributed by atoms with Crippen LogP contribution < -0.4 is 5.32 Å². The number of halogens is 1. The number of hydrogen-bond acceptors (Lipinski definition) is 2. The molecular weight excluding hydrogens is 210 g/mol. The van der Waals surface area contributed by atoms with Crippen molar-refractivity contribution in [2.75, 3.05) is 11.9 Å². The molecule has 11 heavy (non-hydrogen) atoms. The number of rotatable bonds is 5. The first kappa shape index (κ1) is 10.9. The van der Waals surface area contributed by atoms with Crippen molar-refractivity contribution in [3.05, 3.63) is 0 Å². The van der Waals surface area contributed by atoms with Crippen molar-refractivity contribution in [3.8, 4) is 0 Å². The fourth-order valence-corrected chi connectivity index (χ4v) is 0.910. The number of nitrogens with one attached hydrogen (secondary N) is 1. The van der Waals surface area contributed by atoms with Gasteiger partial charge in [0.15, 0.2) is 0 Å². The summed E-state index contributed by atoms with van der Waals surface area (Å²) < 4.78 is 0. The molecule has 0 heterocycles. The largest absolute Gasteiger partial charge is 0.391 e. The van der Waals surface area contributed by atoms with E-state index in [-0.39, 0.29) is 5.91 Å². The molecule has 0 rings (SSSR count). The van der Waals surface area contributed by atoms with Crippen LogP contribution >= 0.6 is 15.9 Å². The fourth-order valence-electron chi connectivity index (χ4n) is 0.550. The molecule has 0 spiro atoms. The Hall–Kier alpha value is -0.0900. The molecule has 0 aromatic rings. The van der Waals surface area contributed by atoms with Crippen molar-refractivity contribution in [1.29, 1.82) is 0 Å². The van der Waals surface area contributed by atoms with Crippen LogP contribution in [0.4, 0.5) is 0 Å². The summed E-state index contributed by atoms with van der Waals surface area (Å²) in [4.78, 5) is 10.8. The van der Waals surface area contributed by atoms with E-state index >= 15 is 0 Å². The Bertz CT molecular complexity index is 119. The molecule has 66 valence electrons. The maximum Gasteiger partial charge on any atom is 0.220 e. The van der Waals surface area contributed by atoms with Crippen molar-refractivity contribution in [2.24, 2.45) is 0 Å². The van der Waals surface area contributed by atoms with Crippen LogP contribution in [0.25, 0.3) is 0 Å². The zero-order valence-corrected chi connectivity index (χ0v) is 8.23. The summed E-state index contributed by atoms with van der Waals surface area (Å²) in [5.74, 6) is -0.0191. The van der Waals surface area contributed by atoms with Gasteiger partial charge in [0, 0.05) is 18.3 Å². The molecule has 0 aromatic carbocycles.